The van der Waals surface area contributed by atoms with Crippen LogP contribution in [-0.4, -0.2) is 14.5 Å². The Hall–Kier alpha value is -7.84. The lowest BCUT2D eigenvalue weighted by Gasteiger charge is -2.16. The second-order valence-corrected chi connectivity index (χ2v) is 11.9. The maximum Gasteiger partial charge on any atom is 0.159 e. The molecule has 0 aliphatic rings. The smallest absolute Gasteiger partial charge is 0.159 e. The Kier molecular flexibility index (Phi) is 7.56. The van der Waals surface area contributed by atoms with Gasteiger partial charge in [0.25, 0.3) is 0 Å². The zero-order valence-corrected chi connectivity index (χ0v) is 26.9. The van der Waals surface area contributed by atoms with Crippen LogP contribution in [0.5, 0.6) is 0 Å². The Morgan fingerprint density at radius 2 is 0.922 bits per heavy atom. The van der Waals surface area contributed by atoms with Crippen molar-refractivity contribution in [3.63, 3.8) is 0 Å². The van der Waals surface area contributed by atoms with Gasteiger partial charge in [0.1, 0.15) is 24.3 Å². The third-order valence-corrected chi connectivity index (χ3v) is 9.08. The normalized spacial score (nSPS) is 10.7. The Morgan fingerprint density at radius 1 is 0.451 bits per heavy atom. The summed E-state index contributed by atoms with van der Waals surface area (Å²) in [4.78, 5) is 9.55. The van der Waals surface area contributed by atoms with Gasteiger partial charge in [0.15, 0.2) is 17.0 Å². The summed E-state index contributed by atoms with van der Waals surface area (Å²) in [6.45, 7) is 0. The largest absolute Gasteiger partial charge is 0.305 e. The lowest BCUT2D eigenvalue weighted by Crippen LogP contribution is -2.28. The van der Waals surface area contributed by atoms with Gasteiger partial charge in [-0.1, -0.05) is 103 Å². The van der Waals surface area contributed by atoms with Gasteiger partial charge in [-0.15, -0.1) is 0 Å². The predicted octanol–water partition coefficient (Wildman–Crippen LogP) is 8.12. The van der Waals surface area contributed by atoms with Crippen molar-refractivity contribution in [2.45, 2.75) is 0 Å². The summed E-state index contributed by atoms with van der Waals surface area (Å²) in [5.74, 6) is 0.577. The van der Waals surface area contributed by atoms with Crippen LogP contribution in [0.4, 0.5) is 0 Å². The van der Waals surface area contributed by atoms with E-state index >= 15 is 0 Å². The summed E-state index contributed by atoms with van der Waals surface area (Å²) in [5.41, 5.74) is 4.91. The Morgan fingerprint density at radius 3 is 1.47 bits per heavy atom. The molecule has 0 saturated carbocycles. The molecule has 0 aliphatic heterocycles. The lowest BCUT2D eigenvalue weighted by atomic mass is 9.91. The minimum Gasteiger partial charge on any atom is -0.305 e. The molecular weight excluding hydrogens is 627 g/mol. The zero-order valence-electron chi connectivity index (χ0n) is 26.9. The highest BCUT2D eigenvalue weighted by molar-refractivity contribution is 6.08. The molecule has 0 saturated heterocycles. The van der Waals surface area contributed by atoms with Gasteiger partial charge >= 0.3 is 0 Å². The molecule has 0 amide bonds. The van der Waals surface area contributed by atoms with Crippen molar-refractivity contribution < 1.29 is 0 Å². The minimum atomic E-state index is -0.133. The number of rotatable bonds is 4. The van der Waals surface area contributed by atoms with Crippen LogP contribution in [0.15, 0.2) is 140 Å². The number of hydrogen-bond donors (Lipinski definition) is 0. The van der Waals surface area contributed by atoms with Crippen LogP contribution in [0.3, 0.4) is 0 Å². The summed E-state index contributed by atoms with van der Waals surface area (Å²) in [7, 11) is 0. The Bertz CT molecular complexity index is 2890. The van der Waals surface area contributed by atoms with E-state index in [-0.39, 0.29) is 11.1 Å². The maximum atomic E-state index is 10.1. The molecule has 8 aromatic rings. The fourth-order valence-electron chi connectivity index (χ4n) is 6.83. The summed E-state index contributed by atoms with van der Waals surface area (Å²) >= 11 is 0. The van der Waals surface area contributed by atoms with Gasteiger partial charge in [0, 0.05) is 40.0 Å². The third kappa shape index (κ3) is 5.13. The fraction of sp³-hybridized carbons (Fsp3) is 0. The van der Waals surface area contributed by atoms with Gasteiger partial charge in [-0.2, -0.15) is 21.0 Å². The summed E-state index contributed by atoms with van der Waals surface area (Å²) in [6, 6.07) is 49.7. The van der Waals surface area contributed by atoms with Crippen molar-refractivity contribution in [3.8, 4) is 63.6 Å². The standard InChI is InChI=1S/C44H23N7/c45-22-32(23-46)42-38-16-8-9-17-39(38)43(33(24-47)25-48)51(42)35-19-30-13-5-7-15-37(30)41(21-35)40-20-31(18-29-12-4-6-14-36(29)40)44-49-26-34(27-50-44)28-10-2-1-3-11-28/h1-21,26-27H. The van der Waals surface area contributed by atoms with Crippen molar-refractivity contribution in [3.05, 3.63) is 150 Å². The van der Waals surface area contributed by atoms with Crippen LogP contribution >= 0.6 is 0 Å². The topological polar surface area (TPSA) is 126 Å². The van der Waals surface area contributed by atoms with Gasteiger partial charge in [-0.3, -0.25) is 0 Å². The summed E-state index contributed by atoms with van der Waals surface area (Å²) < 4.78 is 1.71. The monoisotopic (exact) mass is 649 g/mol. The first-order valence-corrected chi connectivity index (χ1v) is 16.1. The molecule has 234 valence electrons. The van der Waals surface area contributed by atoms with Crippen LogP contribution in [0.25, 0.3) is 82.8 Å². The van der Waals surface area contributed by atoms with Crippen molar-refractivity contribution in [2.75, 3.05) is 0 Å². The third-order valence-electron chi connectivity index (χ3n) is 9.08. The van der Waals surface area contributed by atoms with E-state index in [2.05, 4.69) is 54.6 Å². The lowest BCUT2D eigenvalue weighted by molar-refractivity contribution is 1.00. The molecule has 0 N–H and O–H groups in total. The fourth-order valence-corrected chi connectivity index (χ4v) is 6.83. The van der Waals surface area contributed by atoms with E-state index < -0.39 is 0 Å². The van der Waals surface area contributed by atoms with Gasteiger partial charge in [0.05, 0.1) is 10.7 Å². The molecule has 0 radical (unpaired) electrons. The molecule has 0 aliphatic carbocycles. The molecule has 7 heteroatoms. The van der Waals surface area contributed by atoms with Gasteiger partial charge in [-0.25, -0.2) is 9.97 Å². The van der Waals surface area contributed by atoms with E-state index in [4.69, 9.17) is 9.97 Å². The maximum absolute atomic E-state index is 10.1. The first-order chi connectivity index (χ1) is 25.1. The number of fused-ring (bicyclic) bond motifs is 3. The number of aromatic nitrogens is 3. The van der Waals surface area contributed by atoms with E-state index in [1.54, 1.807) is 16.7 Å². The molecule has 8 rings (SSSR count). The van der Waals surface area contributed by atoms with Crippen molar-refractivity contribution in [2.24, 2.45) is 0 Å². The van der Waals surface area contributed by atoms with Crippen molar-refractivity contribution in [1.29, 1.82) is 21.0 Å². The minimum absolute atomic E-state index is 0.133. The van der Waals surface area contributed by atoms with Crippen LogP contribution < -0.4 is 10.7 Å². The highest BCUT2D eigenvalue weighted by Crippen LogP contribution is 2.38. The molecule has 0 atom stereocenters. The number of nitriles is 4. The summed E-state index contributed by atoms with van der Waals surface area (Å²) in [6.07, 6.45) is 3.67. The molecule has 2 aromatic heterocycles. The predicted molar refractivity (Wildman–Crippen MR) is 199 cm³/mol. The summed E-state index contributed by atoms with van der Waals surface area (Å²) in [5, 5.41) is 46.3. The molecule has 0 unspecified atom stereocenters. The molecule has 7 nitrogen and oxygen atoms in total. The number of benzene rings is 6. The number of nitrogens with zero attached hydrogens (tertiary/aromatic N) is 7. The second-order valence-electron chi connectivity index (χ2n) is 11.9. The van der Waals surface area contributed by atoms with Gasteiger partial charge in [0.2, 0.25) is 0 Å². The average Bonchev–Trinajstić information content (AvgIpc) is 3.53. The highest BCUT2D eigenvalue weighted by atomic mass is 15.0. The first-order valence-electron chi connectivity index (χ1n) is 16.1. The molecule has 0 spiro atoms. The average molecular weight is 650 g/mol. The van der Waals surface area contributed by atoms with E-state index in [9.17, 15) is 21.0 Å². The van der Waals surface area contributed by atoms with Crippen molar-refractivity contribution in [1.82, 2.24) is 14.5 Å². The molecule has 6 aromatic carbocycles. The van der Waals surface area contributed by atoms with Crippen molar-refractivity contribution >= 4 is 43.5 Å². The number of hydrogen-bond acceptors (Lipinski definition) is 6. The van der Waals surface area contributed by atoms with Gasteiger partial charge < -0.3 is 4.57 Å². The van der Waals surface area contributed by atoms with Crippen LogP contribution in [0, 0.1) is 45.3 Å². The van der Waals surface area contributed by atoms with E-state index in [0.717, 1.165) is 49.4 Å². The van der Waals surface area contributed by atoms with Gasteiger partial charge in [-0.05, 0) is 62.5 Å². The Labute approximate surface area is 292 Å². The first kappa shape index (κ1) is 30.5. The van der Waals surface area contributed by atoms with Crippen LogP contribution in [0.2, 0.25) is 0 Å². The molecule has 0 bridgehead atoms. The highest BCUT2D eigenvalue weighted by Gasteiger charge is 2.19. The van der Waals surface area contributed by atoms with Crippen LogP contribution in [0.1, 0.15) is 0 Å². The van der Waals surface area contributed by atoms with E-state index in [1.807, 2.05) is 97.3 Å². The molecule has 51 heavy (non-hydrogen) atoms. The second kappa shape index (κ2) is 12.6. The molecule has 2 heterocycles. The Balaban J connectivity index is 1.47. The zero-order chi connectivity index (χ0) is 34.9. The quantitative estimate of drug-likeness (QED) is 0.190. The molecule has 0 fully saturated rings. The van der Waals surface area contributed by atoms with Crippen LogP contribution in [-0.2, 0) is 0 Å². The van der Waals surface area contributed by atoms with E-state index in [0.29, 0.717) is 33.0 Å². The van der Waals surface area contributed by atoms with E-state index in [1.165, 1.54) is 0 Å². The SMILES string of the molecule is N#CC(C#N)=c1c2ccccc2c(=C(C#N)C#N)n1-c1cc(-c2cc(-c3ncc(-c4ccccc4)cn3)cc3ccccc23)c2ccccc2c1. The molecular formula is C44H23N7.